The van der Waals surface area contributed by atoms with Crippen molar-refractivity contribution < 1.29 is 0 Å². The summed E-state index contributed by atoms with van der Waals surface area (Å²) in [7, 11) is 4.45. The monoisotopic (exact) mass is 184 g/mol. The van der Waals surface area contributed by atoms with Crippen LogP contribution in [-0.4, -0.2) is 49.6 Å². The number of likely N-dealkylation sites (tertiary alicyclic amines) is 1. The molecule has 1 saturated heterocycles. The van der Waals surface area contributed by atoms with Gasteiger partial charge in [-0.2, -0.15) is 0 Å². The first-order valence-electron chi connectivity index (χ1n) is 5.48. The third-order valence-corrected chi connectivity index (χ3v) is 3.26. The summed E-state index contributed by atoms with van der Waals surface area (Å²) < 4.78 is 0. The summed E-state index contributed by atoms with van der Waals surface area (Å²) in [5.74, 6) is 0.950. The molecular weight excluding hydrogens is 160 g/mol. The van der Waals surface area contributed by atoms with Gasteiger partial charge in [0.25, 0.3) is 0 Å². The van der Waals surface area contributed by atoms with Crippen LogP contribution in [0.4, 0.5) is 0 Å². The molecule has 0 aromatic heterocycles. The van der Waals surface area contributed by atoms with Gasteiger partial charge >= 0.3 is 0 Å². The average Bonchev–Trinajstić information content (AvgIpc) is 2.47. The fourth-order valence-corrected chi connectivity index (χ4v) is 1.91. The zero-order chi connectivity index (χ0) is 9.84. The van der Waals surface area contributed by atoms with E-state index in [4.69, 9.17) is 0 Å². The van der Waals surface area contributed by atoms with Crippen molar-refractivity contribution in [2.45, 2.75) is 32.7 Å². The van der Waals surface area contributed by atoms with Crippen LogP contribution in [0.1, 0.15) is 26.7 Å². The Bertz CT molecular complexity index is 145. The minimum atomic E-state index is 0.694. The first-order valence-corrected chi connectivity index (χ1v) is 5.48. The van der Waals surface area contributed by atoms with Crippen LogP contribution in [0, 0.1) is 5.92 Å². The molecule has 1 fully saturated rings. The van der Waals surface area contributed by atoms with Crippen molar-refractivity contribution in [3.05, 3.63) is 0 Å². The van der Waals surface area contributed by atoms with Gasteiger partial charge < -0.3 is 9.80 Å². The van der Waals surface area contributed by atoms with Gasteiger partial charge in [-0.1, -0.05) is 0 Å². The Morgan fingerprint density at radius 3 is 2.62 bits per heavy atom. The molecule has 2 nitrogen and oxygen atoms in total. The van der Waals surface area contributed by atoms with Crippen molar-refractivity contribution in [2.24, 2.45) is 5.92 Å². The number of rotatable bonds is 4. The highest BCUT2D eigenvalue weighted by molar-refractivity contribution is 4.74. The molecule has 78 valence electrons. The molecule has 0 radical (unpaired) electrons. The smallest absolute Gasteiger partial charge is 0.00355 e. The molecule has 13 heavy (non-hydrogen) atoms. The average molecular weight is 184 g/mol. The van der Waals surface area contributed by atoms with E-state index in [9.17, 15) is 0 Å². The normalized spacial score (nSPS) is 24.9. The Morgan fingerprint density at radius 2 is 2.15 bits per heavy atom. The quantitative estimate of drug-likeness (QED) is 0.656. The lowest BCUT2D eigenvalue weighted by Gasteiger charge is -2.22. The lowest BCUT2D eigenvalue weighted by Crippen LogP contribution is -2.28. The van der Waals surface area contributed by atoms with E-state index in [0.29, 0.717) is 6.04 Å². The second-order valence-electron chi connectivity index (χ2n) is 4.78. The number of nitrogens with zero attached hydrogens (tertiary/aromatic N) is 2. The molecule has 0 N–H and O–H groups in total. The SMILES string of the molecule is CC(C)N(C)CCC1CCN(C)C1. The van der Waals surface area contributed by atoms with Crippen LogP contribution in [-0.2, 0) is 0 Å². The van der Waals surface area contributed by atoms with Crippen LogP contribution in [0.5, 0.6) is 0 Å². The highest BCUT2D eigenvalue weighted by atomic mass is 15.1. The fraction of sp³-hybridized carbons (Fsp3) is 1.00. The molecule has 1 aliphatic rings. The maximum Gasteiger partial charge on any atom is 0.00355 e. The second-order valence-corrected chi connectivity index (χ2v) is 4.78. The van der Waals surface area contributed by atoms with E-state index in [-0.39, 0.29) is 0 Å². The summed E-state index contributed by atoms with van der Waals surface area (Å²) in [5.41, 5.74) is 0. The summed E-state index contributed by atoms with van der Waals surface area (Å²) in [4.78, 5) is 4.89. The standard InChI is InChI=1S/C11H24N2/c1-10(2)13(4)8-6-11-5-7-12(3)9-11/h10-11H,5-9H2,1-4H3. The van der Waals surface area contributed by atoms with Gasteiger partial charge in [-0.3, -0.25) is 0 Å². The fourth-order valence-electron chi connectivity index (χ4n) is 1.91. The Hall–Kier alpha value is -0.0800. The van der Waals surface area contributed by atoms with Crippen LogP contribution < -0.4 is 0 Å². The first-order chi connectivity index (χ1) is 6.09. The summed E-state index contributed by atoms with van der Waals surface area (Å²) in [6, 6.07) is 0.694. The van der Waals surface area contributed by atoms with Crippen LogP contribution >= 0.6 is 0 Å². The number of hydrogen-bond acceptors (Lipinski definition) is 2. The Kier molecular flexibility index (Phi) is 4.20. The van der Waals surface area contributed by atoms with Crippen molar-refractivity contribution in [3.63, 3.8) is 0 Å². The summed E-state index contributed by atoms with van der Waals surface area (Å²) >= 11 is 0. The van der Waals surface area contributed by atoms with Gasteiger partial charge in [0.2, 0.25) is 0 Å². The van der Waals surface area contributed by atoms with E-state index in [1.54, 1.807) is 0 Å². The zero-order valence-corrected chi connectivity index (χ0v) is 9.58. The van der Waals surface area contributed by atoms with E-state index in [2.05, 4.69) is 37.7 Å². The third-order valence-electron chi connectivity index (χ3n) is 3.26. The van der Waals surface area contributed by atoms with Crippen molar-refractivity contribution in [1.29, 1.82) is 0 Å². The van der Waals surface area contributed by atoms with Gasteiger partial charge in [0.1, 0.15) is 0 Å². The van der Waals surface area contributed by atoms with Gasteiger partial charge in [0.15, 0.2) is 0 Å². The topological polar surface area (TPSA) is 6.48 Å². The molecule has 1 unspecified atom stereocenters. The molecule has 1 heterocycles. The maximum atomic E-state index is 2.44. The largest absolute Gasteiger partial charge is 0.306 e. The van der Waals surface area contributed by atoms with Crippen molar-refractivity contribution in [3.8, 4) is 0 Å². The highest BCUT2D eigenvalue weighted by Gasteiger charge is 2.19. The lowest BCUT2D eigenvalue weighted by molar-refractivity contribution is 0.250. The summed E-state index contributed by atoms with van der Waals surface area (Å²) in [6.07, 6.45) is 2.78. The molecule has 0 aliphatic carbocycles. The Balaban J connectivity index is 2.12. The molecule has 0 amide bonds. The minimum absolute atomic E-state index is 0.694. The predicted octanol–water partition coefficient (Wildman–Crippen LogP) is 1.67. The van der Waals surface area contributed by atoms with Gasteiger partial charge in [-0.05, 0) is 59.8 Å². The molecule has 0 saturated carbocycles. The summed E-state index contributed by atoms with van der Waals surface area (Å²) in [5, 5.41) is 0. The molecule has 0 spiro atoms. The molecule has 1 aliphatic heterocycles. The molecule has 0 aromatic carbocycles. The lowest BCUT2D eigenvalue weighted by atomic mass is 10.0. The van der Waals surface area contributed by atoms with E-state index in [1.165, 1.54) is 32.5 Å². The van der Waals surface area contributed by atoms with Crippen molar-refractivity contribution in [2.75, 3.05) is 33.7 Å². The van der Waals surface area contributed by atoms with Crippen LogP contribution in [0.3, 0.4) is 0 Å². The first kappa shape index (κ1) is 11.0. The van der Waals surface area contributed by atoms with Crippen molar-refractivity contribution >= 4 is 0 Å². The maximum absolute atomic E-state index is 2.44. The Morgan fingerprint density at radius 1 is 1.46 bits per heavy atom. The molecular formula is C11H24N2. The van der Waals surface area contributed by atoms with Gasteiger partial charge in [0, 0.05) is 12.6 Å². The van der Waals surface area contributed by atoms with E-state index < -0.39 is 0 Å². The molecule has 1 rings (SSSR count). The zero-order valence-electron chi connectivity index (χ0n) is 9.58. The van der Waals surface area contributed by atoms with Gasteiger partial charge in [-0.15, -0.1) is 0 Å². The van der Waals surface area contributed by atoms with E-state index in [1.807, 2.05) is 0 Å². The summed E-state index contributed by atoms with van der Waals surface area (Å²) in [6.45, 7) is 8.40. The molecule has 1 atom stereocenters. The molecule has 0 aromatic rings. The van der Waals surface area contributed by atoms with Crippen LogP contribution in [0.2, 0.25) is 0 Å². The molecule has 2 heteroatoms. The predicted molar refractivity (Wildman–Crippen MR) is 58.0 cm³/mol. The molecule has 0 bridgehead atoms. The minimum Gasteiger partial charge on any atom is -0.306 e. The van der Waals surface area contributed by atoms with Crippen LogP contribution in [0.25, 0.3) is 0 Å². The van der Waals surface area contributed by atoms with Gasteiger partial charge in [0.05, 0.1) is 0 Å². The highest BCUT2D eigenvalue weighted by Crippen LogP contribution is 2.18. The Labute approximate surface area is 82.9 Å². The van der Waals surface area contributed by atoms with E-state index in [0.717, 1.165) is 5.92 Å². The second kappa shape index (κ2) is 4.97. The van der Waals surface area contributed by atoms with Gasteiger partial charge in [-0.25, -0.2) is 0 Å². The van der Waals surface area contributed by atoms with Crippen molar-refractivity contribution in [1.82, 2.24) is 9.80 Å². The van der Waals surface area contributed by atoms with Crippen LogP contribution in [0.15, 0.2) is 0 Å². The van der Waals surface area contributed by atoms with E-state index >= 15 is 0 Å². The number of hydrogen-bond donors (Lipinski definition) is 0. The third kappa shape index (κ3) is 3.65.